The van der Waals surface area contributed by atoms with Crippen molar-refractivity contribution in [3.05, 3.63) is 47.5 Å². The summed E-state index contributed by atoms with van der Waals surface area (Å²) in [4.78, 5) is 55.0. The van der Waals surface area contributed by atoms with Gasteiger partial charge in [-0.15, -0.1) is 0 Å². The Kier molecular flexibility index (Phi) is 13.8. The molecule has 0 fully saturated rings. The normalized spacial score (nSPS) is 17.9. The van der Waals surface area contributed by atoms with Crippen LogP contribution in [0.15, 0.2) is 36.4 Å². The van der Waals surface area contributed by atoms with Crippen LogP contribution in [0.25, 0.3) is 11.1 Å². The summed E-state index contributed by atoms with van der Waals surface area (Å²) in [7, 11) is 3.34. The zero-order valence-corrected chi connectivity index (χ0v) is 26.6. The molecule has 248 valence electrons. The highest BCUT2D eigenvalue weighted by atomic mass is 16.5. The molecule has 0 aliphatic carbocycles. The standard InChI is InChI=1S/C32H44N8O6/c1-20-30(42)39-25(31(43)37-14-10-33)18-21-6-8-26(45-15-11-34)23(17-21)24-19-22(7-9-27(24)46-16-12-35)29(32(44)38-20)40(3)28(41)5-4-13-36-2/h6-9,17,19-20,25,29,36H,4-5,11-16,18,34-35H2,1-3H3,(H,37,43)(H,38,44)(H,39,42)/t20-,25-,29-/m0/s1. The summed E-state index contributed by atoms with van der Waals surface area (Å²) in [6.45, 7) is 2.80. The Morgan fingerprint density at radius 1 is 1.02 bits per heavy atom. The van der Waals surface area contributed by atoms with Crippen LogP contribution in [0.1, 0.15) is 36.9 Å². The van der Waals surface area contributed by atoms with Crippen LogP contribution >= 0.6 is 0 Å². The summed E-state index contributed by atoms with van der Waals surface area (Å²) in [5, 5.41) is 19.9. The average molecular weight is 637 g/mol. The van der Waals surface area contributed by atoms with Gasteiger partial charge in [-0.2, -0.15) is 5.26 Å². The minimum atomic E-state index is -1.12. The Labute approximate surface area is 269 Å². The van der Waals surface area contributed by atoms with Crippen molar-refractivity contribution in [3.8, 4) is 28.7 Å². The molecule has 46 heavy (non-hydrogen) atoms. The first-order chi connectivity index (χ1) is 22.1. The van der Waals surface area contributed by atoms with E-state index in [1.807, 2.05) is 12.1 Å². The third-order valence-electron chi connectivity index (χ3n) is 7.42. The second-order valence-corrected chi connectivity index (χ2v) is 10.8. The van der Waals surface area contributed by atoms with E-state index in [1.165, 1.54) is 11.8 Å². The third-order valence-corrected chi connectivity index (χ3v) is 7.42. The molecule has 1 heterocycles. The number of nitrogens with two attached hydrogens (primary N) is 2. The van der Waals surface area contributed by atoms with Crippen molar-refractivity contribution < 1.29 is 28.7 Å². The highest BCUT2D eigenvalue weighted by Gasteiger charge is 2.33. The Morgan fingerprint density at radius 3 is 2.30 bits per heavy atom. The molecule has 0 spiro atoms. The van der Waals surface area contributed by atoms with E-state index in [4.69, 9.17) is 26.2 Å². The number of nitriles is 1. The minimum absolute atomic E-state index is 0.0685. The Hall–Kier alpha value is -4.71. The van der Waals surface area contributed by atoms with Gasteiger partial charge in [-0.3, -0.25) is 19.2 Å². The molecule has 14 nitrogen and oxygen atoms in total. The topological polar surface area (TPSA) is 214 Å². The Bertz CT molecular complexity index is 1430. The number of likely N-dealkylation sites (N-methyl/N-ethyl adjacent to an activating group) is 1. The van der Waals surface area contributed by atoms with Gasteiger partial charge in [-0.05, 0) is 62.3 Å². The molecule has 2 aromatic rings. The quantitative estimate of drug-likeness (QED) is 0.125. The molecule has 4 amide bonds. The molecule has 2 aromatic carbocycles. The highest BCUT2D eigenvalue weighted by Crippen LogP contribution is 2.40. The molecule has 0 saturated heterocycles. The molecule has 0 saturated carbocycles. The van der Waals surface area contributed by atoms with Crippen molar-refractivity contribution in [1.29, 1.82) is 5.26 Å². The van der Waals surface area contributed by atoms with Crippen LogP contribution < -0.4 is 42.2 Å². The van der Waals surface area contributed by atoms with Gasteiger partial charge in [-0.25, -0.2) is 0 Å². The van der Waals surface area contributed by atoms with E-state index in [0.717, 1.165) is 0 Å². The summed E-state index contributed by atoms with van der Waals surface area (Å²) in [5.41, 5.74) is 13.8. The Morgan fingerprint density at radius 2 is 1.67 bits per heavy atom. The zero-order valence-electron chi connectivity index (χ0n) is 26.6. The van der Waals surface area contributed by atoms with E-state index in [0.29, 0.717) is 46.7 Å². The van der Waals surface area contributed by atoms with Crippen molar-refractivity contribution >= 4 is 23.6 Å². The van der Waals surface area contributed by atoms with Crippen molar-refractivity contribution in [2.24, 2.45) is 11.5 Å². The summed E-state index contributed by atoms with van der Waals surface area (Å²) in [6.07, 6.45) is 0.827. The summed E-state index contributed by atoms with van der Waals surface area (Å²) in [6, 6.07) is 9.10. The Balaban J connectivity index is 2.26. The number of nitrogens with zero attached hydrogens (tertiary/aromatic N) is 2. The van der Waals surface area contributed by atoms with Gasteiger partial charge in [-0.1, -0.05) is 12.1 Å². The first-order valence-corrected chi connectivity index (χ1v) is 15.2. The van der Waals surface area contributed by atoms with Gasteiger partial charge in [0.1, 0.15) is 49.4 Å². The van der Waals surface area contributed by atoms with Crippen LogP contribution in [-0.4, -0.2) is 94.1 Å². The number of hydrogen-bond acceptors (Lipinski definition) is 10. The number of benzene rings is 2. The van der Waals surface area contributed by atoms with E-state index in [9.17, 15) is 19.2 Å². The van der Waals surface area contributed by atoms with E-state index in [2.05, 4.69) is 21.3 Å². The fraction of sp³-hybridized carbons (Fsp3) is 0.469. The molecule has 3 rings (SSSR count). The van der Waals surface area contributed by atoms with Gasteiger partial charge in [0.2, 0.25) is 23.6 Å². The number of ether oxygens (including phenoxy) is 2. The van der Waals surface area contributed by atoms with Crippen LogP contribution in [0.2, 0.25) is 0 Å². The highest BCUT2D eigenvalue weighted by molar-refractivity contribution is 5.95. The largest absolute Gasteiger partial charge is 0.492 e. The van der Waals surface area contributed by atoms with Crippen LogP contribution in [0, 0.1) is 11.3 Å². The van der Waals surface area contributed by atoms with Gasteiger partial charge < -0.3 is 47.1 Å². The van der Waals surface area contributed by atoms with E-state index >= 15 is 0 Å². The van der Waals surface area contributed by atoms with E-state index in [1.54, 1.807) is 44.4 Å². The van der Waals surface area contributed by atoms with Crippen molar-refractivity contribution in [2.75, 3.05) is 53.5 Å². The number of fused-ring (bicyclic) bond motifs is 5. The molecular weight excluding hydrogens is 592 g/mol. The summed E-state index contributed by atoms with van der Waals surface area (Å²) >= 11 is 0. The predicted octanol–water partition coefficient (Wildman–Crippen LogP) is -0.287. The summed E-state index contributed by atoms with van der Waals surface area (Å²) in [5.74, 6) is -1.10. The lowest BCUT2D eigenvalue weighted by Crippen LogP contribution is -2.55. The molecule has 0 radical (unpaired) electrons. The molecule has 0 aromatic heterocycles. The number of nitrogens with one attached hydrogen (secondary N) is 4. The second-order valence-electron chi connectivity index (χ2n) is 10.8. The number of carbonyl (C=O) groups excluding carboxylic acids is 4. The second kappa shape index (κ2) is 17.7. The van der Waals surface area contributed by atoms with Crippen LogP contribution in [0.3, 0.4) is 0 Å². The maximum Gasteiger partial charge on any atom is 0.248 e. The SMILES string of the molecule is CNCCCC(=O)N(C)[C@@H]1C(=O)N[C@@H](C)C(=O)N[C@H](C(=O)NCC#N)Cc2ccc(OCCN)c(c2)-c2cc1ccc2OCCN. The molecule has 14 heteroatoms. The number of rotatable bonds is 13. The van der Waals surface area contributed by atoms with Crippen LogP contribution in [0.4, 0.5) is 0 Å². The molecule has 3 atom stereocenters. The lowest BCUT2D eigenvalue weighted by molar-refractivity contribution is -0.140. The van der Waals surface area contributed by atoms with Crippen molar-refractivity contribution in [1.82, 2.24) is 26.2 Å². The molecule has 1 aliphatic heterocycles. The van der Waals surface area contributed by atoms with Crippen molar-refractivity contribution in [2.45, 2.75) is 44.3 Å². The maximum absolute atomic E-state index is 13.9. The lowest BCUT2D eigenvalue weighted by atomic mass is 9.93. The first-order valence-electron chi connectivity index (χ1n) is 15.2. The smallest absolute Gasteiger partial charge is 0.248 e. The molecule has 8 N–H and O–H groups in total. The fourth-order valence-electron chi connectivity index (χ4n) is 5.07. The third kappa shape index (κ3) is 9.40. The van der Waals surface area contributed by atoms with Gasteiger partial charge >= 0.3 is 0 Å². The number of carbonyl (C=O) groups is 4. The van der Waals surface area contributed by atoms with Gasteiger partial charge in [0.25, 0.3) is 0 Å². The molecule has 1 aliphatic rings. The zero-order chi connectivity index (χ0) is 33.6. The molecular formula is C32H44N8O6. The lowest BCUT2D eigenvalue weighted by Gasteiger charge is -2.30. The van der Waals surface area contributed by atoms with Gasteiger partial charge in [0, 0.05) is 44.1 Å². The number of hydrogen-bond donors (Lipinski definition) is 6. The fourth-order valence-corrected chi connectivity index (χ4v) is 5.07. The van der Waals surface area contributed by atoms with E-state index in [-0.39, 0.29) is 51.6 Å². The van der Waals surface area contributed by atoms with Crippen molar-refractivity contribution in [3.63, 3.8) is 0 Å². The molecule has 4 bridgehead atoms. The van der Waals surface area contributed by atoms with Crippen LogP contribution in [-0.2, 0) is 25.6 Å². The first kappa shape index (κ1) is 35.8. The average Bonchev–Trinajstić information content (AvgIpc) is 3.05. The minimum Gasteiger partial charge on any atom is -0.492 e. The predicted molar refractivity (Wildman–Crippen MR) is 172 cm³/mol. The van der Waals surface area contributed by atoms with Crippen LogP contribution in [0.5, 0.6) is 11.5 Å². The monoisotopic (exact) mass is 636 g/mol. The maximum atomic E-state index is 13.9. The number of amides is 4. The molecule has 0 unspecified atom stereocenters. The van der Waals surface area contributed by atoms with Gasteiger partial charge in [0.15, 0.2) is 0 Å². The van der Waals surface area contributed by atoms with Gasteiger partial charge in [0.05, 0.1) is 6.07 Å². The summed E-state index contributed by atoms with van der Waals surface area (Å²) < 4.78 is 12.0. The van der Waals surface area contributed by atoms with E-state index < -0.39 is 35.8 Å².